The first-order chi connectivity index (χ1) is 7.18. The summed E-state index contributed by atoms with van der Waals surface area (Å²) in [6.45, 7) is 2.18. The van der Waals surface area contributed by atoms with Crippen LogP contribution in [-0.2, 0) is 4.79 Å². The summed E-state index contributed by atoms with van der Waals surface area (Å²) in [6.07, 6.45) is 9.81. The Kier molecular flexibility index (Phi) is 9.18. The molecule has 0 aliphatic carbocycles. The monoisotopic (exact) mass is 214 g/mol. The van der Waals surface area contributed by atoms with Gasteiger partial charge in [-0.05, 0) is 25.7 Å². The lowest BCUT2D eigenvalue weighted by Gasteiger charge is -2.01. The van der Waals surface area contributed by atoms with E-state index < -0.39 is 12.1 Å². The molecule has 0 aliphatic rings. The van der Waals surface area contributed by atoms with Crippen molar-refractivity contribution < 1.29 is 15.0 Å². The number of aliphatic hydroxyl groups excluding tert-OH is 1. The maximum atomic E-state index is 10.3. The van der Waals surface area contributed by atoms with Gasteiger partial charge in [0.2, 0.25) is 0 Å². The lowest BCUT2D eigenvalue weighted by Crippen LogP contribution is -2.18. The maximum absolute atomic E-state index is 10.3. The zero-order valence-electron chi connectivity index (χ0n) is 9.48. The van der Waals surface area contributed by atoms with E-state index in [2.05, 4.69) is 13.0 Å². The minimum Gasteiger partial charge on any atom is -0.479 e. The summed E-state index contributed by atoms with van der Waals surface area (Å²) in [5.74, 6) is -1.13. The van der Waals surface area contributed by atoms with Crippen LogP contribution in [0.5, 0.6) is 0 Å². The number of aliphatic hydroxyl groups is 1. The number of allylic oxidation sites excluding steroid dienone is 2. The fraction of sp³-hybridized carbons (Fsp3) is 0.750. The van der Waals surface area contributed by atoms with E-state index in [-0.39, 0.29) is 0 Å². The summed E-state index contributed by atoms with van der Waals surface area (Å²) in [6, 6.07) is 0. The van der Waals surface area contributed by atoms with E-state index >= 15 is 0 Å². The van der Waals surface area contributed by atoms with Gasteiger partial charge in [0.1, 0.15) is 0 Å². The molecular weight excluding hydrogens is 192 g/mol. The molecule has 1 atom stereocenters. The van der Waals surface area contributed by atoms with Gasteiger partial charge in [-0.25, -0.2) is 4.79 Å². The van der Waals surface area contributed by atoms with E-state index in [1.54, 1.807) is 0 Å². The Hall–Kier alpha value is -0.830. The zero-order chi connectivity index (χ0) is 11.5. The first-order valence-electron chi connectivity index (χ1n) is 5.74. The van der Waals surface area contributed by atoms with E-state index in [0.29, 0.717) is 12.8 Å². The molecule has 0 fully saturated rings. The fourth-order valence-corrected chi connectivity index (χ4v) is 1.30. The number of carboxylic acid groups (broad SMARTS) is 1. The number of aliphatic carboxylic acids is 1. The van der Waals surface area contributed by atoms with Crippen molar-refractivity contribution >= 4 is 5.97 Å². The van der Waals surface area contributed by atoms with Crippen LogP contribution in [0.3, 0.4) is 0 Å². The van der Waals surface area contributed by atoms with Crippen molar-refractivity contribution in [2.75, 3.05) is 0 Å². The molecule has 0 rings (SSSR count). The zero-order valence-corrected chi connectivity index (χ0v) is 9.48. The highest BCUT2D eigenvalue weighted by Gasteiger charge is 2.10. The van der Waals surface area contributed by atoms with Crippen molar-refractivity contribution in [3.63, 3.8) is 0 Å². The maximum Gasteiger partial charge on any atom is 0.332 e. The fourth-order valence-electron chi connectivity index (χ4n) is 1.30. The Balaban J connectivity index is 3.28. The van der Waals surface area contributed by atoms with Gasteiger partial charge in [-0.1, -0.05) is 38.3 Å². The summed E-state index contributed by atoms with van der Waals surface area (Å²) in [5, 5.41) is 17.4. The van der Waals surface area contributed by atoms with Crippen LogP contribution >= 0.6 is 0 Å². The highest BCUT2D eigenvalue weighted by atomic mass is 16.4. The Labute approximate surface area is 91.8 Å². The van der Waals surface area contributed by atoms with Gasteiger partial charge in [0.05, 0.1) is 0 Å². The van der Waals surface area contributed by atoms with Gasteiger partial charge >= 0.3 is 5.97 Å². The summed E-state index contributed by atoms with van der Waals surface area (Å²) in [4.78, 5) is 10.3. The second kappa shape index (κ2) is 9.71. The molecule has 88 valence electrons. The van der Waals surface area contributed by atoms with Crippen LogP contribution in [0.2, 0.25) is 0 Å². The van der Waals surface area contributed by atoms with Gasteiger partial charge in [0.25, 0.3) is 0 Å². The van der Waals surface area contributed by atoms with Crippen LogP contribution < -0.4 is 0 Å². The summed E-state index contributed by atoms with van der Waals surface area (Å²) in [5.41, 5.74) is 0. The van der Waals surface area contributed by atoms with Crippen LogP contribution in [0.4, 0.5) is 0 Å². The summed E-state index contributed by atoms with van der Waals surface area (Å²) < 4.78 is 0. The van der Waals surface area contributed by atoms with E-state index in [0.717, 1.165) is 6.42 Å². The standard InChI is InChI=1S/C12H22O3/c1-2-3-4-5-6-7-8-9-10-11(13)12(14)15/h7-8,11,13H,2-6,9-10H2,1H3,(H,14,15)/t11-/m0/s1. The topological polar surface area (TPSA) is 57.5 Å². The molecule has 2 N–H and O–H groups in total. The number of hydrogen-bond donors (Lipinski definition) is 2. The molecule has 3 heteroatoms. The third-order valence-corrected chi connectivity index (χ3v) is 2.28. The summed E-state index contributed by atoms with van der Waals surface area (Å²) in [7, 11) is 0. The third kappa shape index (κ3) is 9.47. The van der Waals surface area contributed by atoms with Crippen molar-refractivity contribution in [3.8, 4) is 0 Å². The Morgan fingerprint density at radius 3 is 2.47 bits per heavy atom. The van der Waals surface area contributed by atoms with E-state index in [4.69, 9.17) is 10.2 Å². The molecule has 0 saturated carbocycles. The number of carboxylic acids is 1. The molecule has 15 heavy (non-hydrogen) atoms. The quantitative estimate of drug-likeness (QED) is 0.458. The van der Waals surface area contributed by atoms with Gasteiger partial charge in [-0.2, -0.15) is 0 Å². The van der Waals surface area contributed by atoms with E-state index in [1.165, 1.54) is 25.7 Å². The molecule has 0 aromatic carbocycles. The third-order valence-electron chi connectivity index (χ3n) is 2.28. The average molecular weight is 214 g/mol. The smallest absolute Gasteiger partial charge is 0.332 e. The van der Waals surface area contributed by atoms with E-state index in [1.807, 2.05) is 6.08 Å². The predicted molar refractivity (Wildman–Crippen MR) is 60.8 cm³/mol. The van der Waals surface area contributed by atoms with Crippen molar-refractivity contribution in [1.82, 2.24) is 0 Å². The SMILES string of the molecule is CCCCCCC=CCC[C@H](O)C(=O)O. The van der Waals surface area contributed by atoms with E-state index in [9.17, 15) is 4.79 Å². The molecule has 3 nitrogen and oxygen atoms in total. The van der Waals surface area contributed by atoms with Gasteiger partial charge in [-0.15, -0.1) is 0 Å². The first-order valence-corrected chi connectivity index (χ1v) is 5.74. The van der Waals surface area contributed by atoms with Crippen molar-refractivity contribution in [2.24, 2.45) is 0 Å². The predicted octanol–water partition coefficient (Wildman–Crippen LogP) is 2.74. The molecule has 0 saturated heterocycles. The Morgan fingerprint density at radius 2 is 1.87 bits per heavy atom. The van der Waals surface area contributed by atoms with Crippen LogP contribution in [0.1, 0.15) is 51.9 Å². The second-order valence-corrected chi connectivity index (χ2v) is 3.75. The Bertz CT molecular complexity index is 187. The van der Waals surface area contributed by atoms with Crippen molar-refractivity contribution in [1.29, 1.82) is 0 Å². The van der Waals surface area contributed by atoms with Crippen molar-refractivity contribution in [3.05, 3.63) is 12.2 Å². The van der Waals surface area contributed by atoms with Crippen LogP contribution in [-0.4, -0.2) is 22.3 Å². The molecule has 0 heterocycles. The van der Waals surface area contributed by atoms with Gasteiger partial charge in [0.15, 0.2) is 6.10 Å². The number of unbranched alkanes of at least 4 members (excludes halogenated alkanes) is 4. The largest absolute Gasteiger partial charge is 0.479 e. The van der Waals surface area contributed by atoms with Crippen LogP contribution in [0.15, 0.2) is 12.2 Å². The molecule has 0 aromatic heterocycles. The van der Waals surface area contributed by atoms with Gasteiger partial charge in [0, 0.05) is 0 Å². The normalized spacial score (nSPS) is 13.2. The molecule has 0 bridgehead atoms. The van der Waals surface area contributed by atoms with Crippen molar-refractivity contribution in [2.45, 2.75) is 58.0 Å². The number of rotatable bonds is 9. The molecule has 0 aromatic rings. The Morgan fingerprint density at radius 1 is 1.20 bits per heavy atom. The van der Waals surface area contributed by atoms with Crippen LogP contribution in [0.25, 0.3) is 0 Å². The van der Waals surface area contributed by atoms with Gasteiger partial charge < -0.3 is 10.2 Å². The lowest BCUT2D eigenvalue weighted by atomic mass is 10.1. The van der Waals surface area contributed by atoms with Gasteiger partial charge in [-0.3, -0.25) is 0 Å². The molecule has 0 unspecified atom stereocenters. The molecule has 0 radical (unpaired) electrons. The minimum atomic E-state index is -1.21. The highest BCUT2D eigenvalue weighted by Crippen LogP contribution is 2.04. The molecule has 0 amide bonds. The lowest BCUT2D eigenvalue weighted by molar-refractivity contribution is -0.146. The number of carbonyl (C=O) groups is 1. The summed E-state index contributed by atoms with van der Waals surface area (Å²) >= 11 is 0. The molecule has 0 spiro atoms. The first kappa shape index (κ1) is 14.2. The number of hydrogen-bond acceptors (Lipinski definition) is 2. The molecule has 0 aliphatic heterocycles. The second-order valence-electron chi connectivity index (χ2n) is 3.75. The molecular formula is C12H22O3. The average Bonchev–Trinajstić information content (AvgIpc) is 2.21. The van der Waals surface area contributed by atoms with Crippen LogP contribution in [0, 0.1) is 0 Å². The minimum absolute atomic E-state index is 0.306. The highest BCUT2D eigenvalue weighted by molar-refractivity contribution is 5.71.